The molecule has 2 aliphatic carbocycles. The van der Waals surface area contributed by atoms with Crippen LogP contribution in [0.25, 0.3) is 17.2 Å². The fourth-order valence-corrected chi connectivity index (χ4v) is 8.83. The van der Waals surface area contributed by atoms with Crippen LogP contribution in [0.5, 0.6) is 28.7 Å². The minimum Gasteiger partial charge on any atom is -0.497 e. The highest BCUT2D eigenvalue weighted by Crippen LogP contribution is 2.40. The molecule has 0 atom stereocenters. The van der Waals surface area contributed by atoms with Crippen LogP contribution in [0.1, 0.15) is 82.8 Å². The number of methoxy groups -OCH3 is 4. The minimum absolute atomic E-state index is 0.0291. The maximum absolute atomic E-state index is 13.5. The first kappa shape index (κ1) is 41.7. The van der Waals surface area contributed by atoms with Gasteiger partial charge in [-0.25, -0.2) is 9.59 Å². The summed E-state index contributed by atoms with van der Waals surface area (Å²) in [5.41, 5.74) is 14.4. The van der Waals surface area contributed by atoms with Crippen molar-refractivity contribution in [3.63, 3.8) is 0 Å². The van der Waals surface area contributed by atoms with Crippen molar-refractivity contribution < 1.29 is 38.4 Å². The number of aromatic carboxylic acids is 1. The van der Waals surface area contributed by atoms with Crippen LogP contribution in [0.4, 0.5) is 0 Å². The van der Waals surface area contributed by atoms with E-state index in [9.17, 15) is 14.7 Å². The highest BCUT2D eigenvalue weighted by atomic mass is 16.5. The number of carboxylic acids is 1. The molecule has 6 aromatic carbocycles. The lowest BCUT2D eigenvalue weighted by molar-refractivity contribution is 0.0681. The number of fused-ring (bicyclic) bond motifs is 2. The summed E-state index contributed by atoms with van der Waals surface area (Å²) >= 11 is 0. The van der Waals surface area contributed by atoms with Crippen LogP contribution in [0.2, 0.25) is 0 Å². The van der Waals surface area contributed by atoms with E-state index in [4.69, 9.17) is 23.7 Å². The normalized spacial score (nSPS) is 13.3. The zero-order chi connectivity index (χ0) is 43.2. The predicted molar refractivity (Wildman–Crippen MR) is 243 cm³/mol. The van der Waals surface area contributed by atoms with E-state index < -0.39 is 11.9 Å². The maximum atomic E-state index is 13.5. The monoisotopic (exact) mass is 826 g/mol. The third-order valence-corrected chi connectivity index (χ3v) is 12.0. The van der Waals surface area contributed by atoms with E-state index in [2.05, 4.69) is 48.6 Å². The standard InChI is InChI=1S/C54H50O8/c1-58-45-24-27-48(60-3)43(32-45)30-41-22-20-38-9-5-7-36(51(38)41)16-11-34-12-18-40(19-13-34)54(57)62-50-29-35(15-26-47(50)53(55)56)14-17-37-8-6-10-39-21-23-42(52(37)39)31-44-33-46(59-2)25-28-49(44)61-4/h5-10,12-13,15,18-19,22,24-29,31-33H,11,14,16-17,20-21,23,30H2,1-4H3,(H,55,56)/b42-31+. The van der Waals surface area contributed by atoms with Crippen LogP contribution in [-0.4, -0.2) is 45.5 Å². The number of carbonyl (C=O) groups excluding carboxylic acids is 1. The van der Waals surface area contributed by atoms with Gasteiger partial charge in [-0.2, -0.15) is 0 Å². The Morgan fingerprint density at radius 2 is 1.26 bits per heavy atom. The molecule has 62 heavy (non-hydrogen) atoms. The molecule has 0 amide bonds. The molecule has 0 aliphatic heterocycles. The molecule has 0 heterocycles. The summed E-state index contributed by atoms with van der Waals surface area (Å²) in [4.78, 5) is 25.8. The molecule has 8 heteroatoms. The summed E-state index contributed by atoms with van der Waals surface area (Å²) in [6.45, 7) is 0. The van der Waals surface area contributed by atoms with Gasteiger partial charge in [0.05, 0.1) is 34.0 Å². The molecule has 2 aliphatic rings. The second kappa shape index (κ2) is 18.7. The van der Waals surface area contributed by atoms with Crippen LogP contribution in [0.15, 0.2) is 121 Å². The fourth-order valence-electron chi connectivity index (χ4n) is 8.83. The van der Waals surface area contributed by atoms with E-state index in [0.717, 1.165) is 90.2 Å². The quantitative estimate of drug-likeness (QED) is 0.0761. The largest absolute Gasteiger partial charge is 0.497 e. The van der Waals surface area contributed by atoms with Gasteiger partial charge in [0.2, 0.25) is 0 Å². The van der Waals surface area contributed by atoms with Crippen molar-refractivity contribution in [1.82, 2.24) is 0 Å². The van der Waals surface area contributed by atoms with Gasteiger partial charge in [0.15, 0.2) is 0 Å². The van der Waals surface area contributed by atoms with E-state index in [1.807, 2.05) is 48.5 Å². The number of aryl methyl sites for hydroxylation is 5. The van der Waals surface area contributed by atoms with Gasteiger partial charge >= 0.3 is 11.9 Å². The number of carboxylic acid groups (broad SMARTS) is 1. The molecule has 0 saturated heterocycles. The topological polar surface area (TPSA) is 101 Å². The van der Waals surface area contributed by atoms with Crippen molar-refractivity contribution in [2.24, 2.45) is 0 Å². The predicted octanol–water partition coefficient (Wildman–Crippen LogP) is 10.9. The number of hydrogen-bond acceptors (Lipinski definition) is 7. The van der Waals surface area contributed by atoms with Crippen molar-refractivity contribution in [3.8, 4) is 28.7 Å². The molecular formula is C54H50O8. The molecule has 6 aromatic rings. The third kappa shape index (κ3) is 9.00. The second-order valence-electron chi connectivity index (χ2n) is 15.7. The number of hydrogen-bond donors (Lipinski definition) is 1. The summed E-state index contributed by atoms with van der Waals surface area (Å²) in [5, 5.41) is 10.0. The lowest BCUT2D eigenvalue weighted by Crippen LogP contribution is -2.12. The molecule has 1 N–H and O–H groups in total. The first-order chi connectivity index (χ1) is 30.2. The van der Waals surface area contributed by atoms with Crippen molar-refractivity contribution >= 4 is 29.2 Å². The average Bonchev–Trinajstić information content (AvgIpc) is 3.92. The summed E-state index contributed by atoms with van der Waals surface area (Å²) in [6.07, 6.45) is 10.9. The van der Waals surface area contributed by atoms with Gasteiger partial charge in [0.1, 0.15) is 34.3 Å². The van der Waals surface area contributed by atoms with E-state index in [1.165, 1.54) is 50.6 Å². The number of esters is 1. The molecule has 0 fully saturated rings. The van der Waals surface area contributed by atoms with Crippen molar-refractivity contribution in [2.45, 2.75) is 51.4 Å². The molecule has 314 valence electrons. The summed E-state index contributed by atoms with van der Waals surface area (Å²) in [6, 6.07) is 37.0. The molecule has 0 radical (unpaired) electrons. The number of benzene rings is 6. The number of rotatable bonds is 16. The summed E-state index contributed by atoms with van der Waals surface area (Å²) in [7, 11) is 6.69. The van der Waals surface area contributed by atoms with Gasteiger partial charge in [-0.3, -0.25) is 0 Å². The van der Waals surface area contributed by atoms with Crippen LogP contribution < -0.4 is 23.7 Å². The zero-order valence-corrected chi connectivity index (χ0v) is 35.6. The number of ether oxygens (including phenoxy) is 5. The Hall–Kier alpha value is -7.06. The maximum Gasteiger partial charge on any atom is 0.343 e. The van der Waals surface area contributed by atoms with E-state index in [0.29, 0.717) is 12.0 Å². The first-order valence-electron chi connectivity index (χ1n) is 21.0. The third-order valence-electron chi connectivity index (χ3n) is 12.0. The molecule has 0 saturated carbocycles. The number of carbonyl (C=O) groups is 2. The van der Waals surface area contributed by atoms with Crippen molar-refractivity contribution in [3.05, 3.63) is 188 Å². The molecule has 0 unspecified atom stereocenters. The van der Waals surface area contributed by atoms with Gasteiger partial charge in [0.25, 0.3) is 0 Å². The van der Waals surface area contributed by atoms with E-state index >= 15 is 0 Å². The fraction of sp³-hybridized carbons (Fsp3) is 0.222. The van der Waals surface area contributed by atoms with Crippen LogP contribution >= 0.6 is 0 Å². The Morgan fingerprint density at radius 1 is 0.597 bits per heavy atom. The Balaban J connectivity index is 0.937. The lowest BCUT2D eigenvalue weighted by atomic mass is 9.91. The minimum atomic E-state index is -1.16. The molecule has 0 bridgehead atoms. The summed E-state index contributed by atoms with van der Waals surface area (Å²) < 4.78 is 28.1. The van der Waals surface area contributed by atoms with Gasteiger partial charge in [0, 0.05) is 17.5 Å². The highest BCUT2D eigenvalue weighted by Gasteiger charge is 2.23. The molecule has 8 nitrogen and oxygen atoms in total. The Morgan fingerprint density at radius 3 is 1.97 bits per heavy atom. The Kier molecular flexibility index (Phi) is 12.6. The first-order valence-corrected chi connectivity index (χ1v) is 21.0. The molecule has 8 rings (SSSR count). The zero-order valence-electron chi connectivity index (χ0n) is 35.6. The van der Waals surface area contributed by atoms with E-state index in [1.54, 1.807) is 52.7 Å². The second-order valence-corrected chi connectivity index (χ2v) is 15.7. The smallest absolute Gasteiger partial charge is 0.343 e. The SMILES string of the molecule is COc1ccc(OC)c(/C=C2\CCc3cccc(CCc4ccc(C(=O)O)c(OC(=O)c5ccc(CCc6cccc7c6C(Cc6cc(OC)ccc6OC)=CC7)cc5)c4)c32)c1. The van der Waals surface area contributed by atoms with E-state index in [-0.39, 0.29) is 11.3 Å². The van der Waals surface area contributed by atoms with Gasteiger partial charge in [-0.1, -0.05) is 60.7 Å². The molecular weight excluding hydrogens is 777 g/mol. The van der Waals surface area contributed by atoms with Crippen molar-refractivity contribution in [1.29, 1.82) is 0 Å². The van der Waals surface area contributed by atoms with Gasteiger partial charge in [-0.15, -0.1) is 0 Å². The summed E-state index contributed by atoms with van der Waals surface area (Å²) in [5.74, 6) is 1.44. The lowest BCUT2D eigenvalue weighted by Gasteiger charge is -2.15. The van der Waals surface area contributed by atoms with Gasteiger partial charge in [-0.05, 0) is 167 Å². The average molecular weight is 827 g/mol. The molecule has 0 aromatic heterocycles. The molecule has 0 spiro atoms. The van der Waals surface area contributed by atoms with Crippen LogP contribution in [0, 0.1) is 0 Å². The number of allylic oxidation sites excluding steroid dienone is 3. The van der Waals surface area contributed by atoms with Gasteiger partial charge < -0.3 is 28.8 Å². The van der Waals surface area contributed by atoms with Crippen molar-refractivity contribution in [2.75, 3.05) is 28.4 Å². The Bertz CT molecular complexity index is 2710. The van der Waals surface area contributed by atoms with Crippen LogP contribution in [-0.2, 0) is 44.9 Å². The highest BCUT2D eigenvalue weighted by molar-refractivity contribution is 5.95. The van der Waals surface area contributed by atoms with Crippen LogP contribution in [0.3, 0.4) is 0 Å². The Labute approximate surface area is 363 Å².